The van der Waals surface area contributed by atoms with Crippen molar-refractivity contribution in [1.29, 1.82) is 0 Å². The Hall–Kier alpha value is -3.27. The Morgan fingerprint density at radius 2 is 1.56 bits per heavy atom. The van der Waals surface area contributed by atoms with Crippen LogP contribution in [0.15, 0.2) is 79.0 Å². The van der Waals surface area contributed by atoms with E-state index >= 15 is 0 Å². The third-order valence-electron chi connectivity index (χ3n) is 4.03. The van der Waals surface area contributed by atoms with E-state index < -0.39 is 0 Å². The van der Waals surface area contributed by atoms with Crippen molar-refractivity contribution in [1.82, 2.24) is 15.0 Å². The van der Waals surface area contributed by atoms with Crippen LogP contribution in [0.3, 0.4) is 0 Å². The van der Waals surface area contributed by atoms with Crippen LogP contribution in [0.5, 0.6) is 0 Å². The van der Waals surface area contributed by atoms with Gasteiger partial charge in [-0.25, -0.2) is 9.97 Å². The van der Waals surface area contributed by atoms with Crippen molar-refractivity contribution in [3.8, 4) is 11.4 Å². The minimum Gasteiger partial charge on any atom is -0.369 e. The Bertz CT molecular complexity index is 969. The highest BCUT2D eigenvalue weighted by molar-refractivity contribution is 5.90. The van der Waals surface area contributed by atoms with Crippen LogP contribution in [0.25, 0.3) is 22.3 Å². The van der Waals surface area contributed by atoms with Crippen molar-refractivity contribution in [2.45, 2.75) is 6.42 Å². The van der Waals surface area contributed by atoms with Gasteiger partial charge in [0.1, 0.15) is 5.82 Å². The standard InChI is InChI=1S/C21H18N4/c1-2-8-16(9-3-1)20-24-19-12-5-4-11-18(19)21(25-20)23-15-13-17-10-6-7-14-22-17/h1-12,14H,13,15H2,(H,23,24,25). The normalized spacial score (nSPS) is 10.7. The summed E-state index contributed by atoms with van der Waals surface area (Å²) in [6.07, 6.45) is 2.67. The highest BCUT2D eigenvalue weighted by Gasteiger charge is 2.08. The van der Waals surface area contributed by atoms with Crippen molar-refractivity contribution >= 4 is 16.7 Å². The second kappa shape index (κ2) is 7.09. The Morgan fingerprint density at radius 1 is 0.760 bits per heavy atom. The smallest absolute Gasteiger partial charge is 0.162 e. The van der Waals surface area contributed by atoms with Gasteiger partial charge in [0.25, 0.3) is 0 Å². The third kappa shape index (κ3) is 3.48. The van der Waals surface area contributed by atoms with Crippen LogP contribution in [-0.4, -0.2) is 21.5 Å². The number of anilines is 1. The summed E-state index contributed by atoms with van der Waals surface area (Å²) in [6, 6.07) is 24.1. The van der Waals surface area contributed by atoms with E-state index in [0.717, 1.165) is 46.8 Å². The number of hydrogen-bond donors (Lipinski definition) is 1. The van der Waals surface area contributed by atoms with Crippen LogP contribution < -0.4 is 5.32 Å². The van der Waals surface area contributed by atoms with E-state index in [9.17, 15) is 0 Å². The first-order valence-corrected chi connectivity index (χ1v) is 8.36. The molecule has 0 aliphatic rings. The molecule has 0 amide bonds. The van der Waals surface area contributed by atoms with Crippen LogP contribution in [0.2, 0.25) is 0 Å². The van der Waals surface area contributed by atoms with Crippen molar-refractivity contribution in [3.63, 3.8) is 0 Å². The Morgan fingerprint density at radius 3 is 2.40 bits per heavy atom. The summed E-state index contributed by atoms with van der Waals surface area (Å²) in [5.74, 6) is 1.60. The fraction of sp³-hybridized carbons (Fsp3) is 0.0952. The van der Waals surface area contributed by atoms with Crippen LogP contribution in [0.1, 0.15) is 5.69 Å². The number of para-hydroxylation sites is 1. The van der Waals surface area contributed by atoms with E-state index in [4.69, 9.17) is 9.97 Å². The summed E-state index contributed by atoms with van der Waals surface area (Å²) in [7, 11) is 0. The molecule has 25 heavy (non-hydrogen) atoms. The average molecular weight is 326 g/mol. The Kier molecular flexibility index (Phi) is 4.33. The van der Waals surface area contributed by atoms with Crippen LogP contribution in [0, 0.1) is 0 Å². The predicted octanol–water partition coefficient (Wildman–Crippen LogP) is 4.35. The van der Waals surface area contributed by atoms with E-state index in [1.165, 1.54) is 0 Å². The van der Waals surface area contributed by atoms with Gasteiger partial charge in [-0.15, -0.1) is 0 Å². The van der Waals surface area contributed by atoms with Crippen molar-refractivity contribution < 1.29 is 0 Å². The topological polar surface area (TPSA) is 50.7 Å². The fourth-order valence-electron chi connectivity index (χ4n) is 2.78. The Labute approximate surface area is 146 Å². The molecule has 0 bridgehead atoms. The quantitative estimate of drug-likeness (QED) is 0.592. The van der Waals surface area contributed by atoms with Gasteiger partial charge in [-0.05, 0) is 24.3 Å². The molecular weight excluding hydrogens is 308 g/mol. The number of rotatable bonds is 5. The molecule has 4 rings (SSSR count). The average Bonchev–Trinajstić information content (AvgIpc) is 2.69. The van der Waals surface area contributed by atoms with Crippen LogP contribution in [-0.2, 0) is 6.42 Å². The van der Waals surface area contributed by atoms with E-state index in [1.807, 2.05) is 79.0 Å². The first-order valence-electron chi connectivity index (χ1n) is 8.36. The van der Waals surface area contributed by atoms with Crippen molar-refractivity contribution in [2.24, 2.45) is 0 Å². The molecule has 1 N–H and O–H groups in total. The molecule has 0 radical (unpaired) electrons. The van der Waals surface area contributed by atoms with Gasteiger partial charge >= 0.3 is 0 Å². The van der Waals surface area contributed by atoms with Gasteiger partial charge in [0.15, 0.2) is 5.82 Å². The zero-order valence-electron chi connectivity index (χ0n) is 13.8. The Balaban J connectivity index is 1.64. The van der Waals surface area contributed by atoms with Gasteiger partial charge < -0.3 is 5.32 Å². The predicted molar refractivity (Wildman–Crippen MR) is 101 cm³/mol. The van der Waals surface area contributed by atoms with E-state index in [-0.39, 0.29) is 0 Å². The zero-order chi connectivity index (χ0) is 16.9. The molecule has 4 aromatic rings. The number of pyridine rings is 1. The summed E-state index contributed by atoms with van der Waals surface area (Å²) in [5, 5.41) is 4.49. The third-order valence-corrected chi connectivity index (χ3v) is 4.03. The van der Waals surface area contributed by atoms with Crippen molar-refractivity contribution in [3.05, 3.63) is 84.7 Å². The second-order valence-electron chi connectivity index (χ2n) is 5.78. The molecular formula is C21H18N4. The van der Waals surface area contributed by atoms with Gasteiger partial charge in [-0.2, -0.15) is 0 Å². The molecule has 0 spiro atoms. The van der Waals surface area contributed by atoms with E-state index in [2.05, 4.69) is 10.3 Å². The molecule has 122 valence electrons. The molecule has 0 aliphatic carbocycles. The molecule has 4 heteroatoms. The van der Waals surface area contributed by atoms with Gasteiger partial charge in [0, 0.05) is 35.8 Å². The molecule has 0 fully saturated rings. The lowest BCUT2D eigenvalue weighted by Gasteiger charge is -2.11. The first kappa shape index (κ1) is 15.3. The lowest BCUT2D eigenvalue weighted by Crippen LogP contribution is -2.08. The molecule has 4 nitrogen and oxygen atoms in total. The fourth-order valence-corrected chi connectivity index (χ4v) is 2.78. The van der Waals surface area contributed by atoms with Crippen LogP contribution >= 0.6 is 0 Å². The van der Waals surface area contributed by atoms with Gasteiger partial charge in [-0.3, -0.25) is 4.98 Å². The summed E-state index contributed by atoms with van der Waals surface area (Å²) in [6.45, 7) is 0.770. The molecule has 2 heterocycles. The summed E-state index contributed by atoms with van der Waals surface area (Å²) >= 11 is 0. The minimum absolute atomic E-state index is 0.736. The highest BCUT2D eigenvalue weighted by Crippen LogP contribution is 2.24. The number of fused-ring (bicyclic) bond motifs is 1. The number of aromatic nitrogens is 3. The maximum Gasteiger partial charge on any atom is 0.162 e. The maximum absolute atomic E-state index is 4.76. The molecule has 0 aliphatic heterocycles. The summed E-state index contributed by atoms with van der Waals surface area (Å²) in [5.41, 5.74) is 3.02. The molecule has 0 atom stereocenters. The minimum atomic E-state index is 0.736. The molecule has 0 unspecified atom stereocenters. The SMILES string of the molecule is c1ccc(-c2nc(NCCc3ccccn3)c3ccccc3n2)cc1. The zero-order valence-corrected chi connectivity index (χ0v) is 13.8. The molecule has 2 aromatic heterocycles. The van der Waals surface area contributed by atoms with Gasteiger partial charge in [-0.1, -0.05) is 48.5 Å². The summed E-state index contributed by atoms with van der Waals surface area (Å²) < 4.78 is 0. The molecule has 0 saturated carbocycles. The van der Waals surface area contributed by atoms with Gasteiger partial charge in [0.05, 0.1) is 5.52 Å². The van der Waals surface area contributed by atoms with Gasteiger partial charge in [0.2, 0.25) is 0 Å². The number of hydrogen-bond acceptors (Lipinski definition) is 4. The summed E-state index contributed by atoms with van der Waals surface area (Å²) in [4.78, 5) is 13.8. The van der Waals surface area contributed by atoms with E-state index in [0.29, 0.717) is 0 Å². The van der Waals surface area contributed by atoms with Crippen molar-refractivity contribution in [2.75, 3.05) is 11.9 Å². The number of nitrogens with one attached hydrogen (secondary N) is 1. The molecule has 2 aromatic carbocycles. The molecule has 0 saturated heterocycles. The maximum atomic E-state index is 4.76. The van der Waals surface area contributed by atoms with E-state index in [1.54, 1.807) is 0 Å². The number of nitrogens with zero attached hydrogens (tertiary/aromatic N) is 3. The second-order valence-corrected chi connectivity index (χ2v) is 5.78. The monoisotopic (exact) mass is 326 g/mol. The lowest BCUT2D eigenvalue weighted by atomic mass is 10.2. The first-order chi connectivity index (χ1) is 12.4. The highest BCUT2D eigenvalue weighted by atomic mass is 15.0. The van der Waals surface area contributed by atoms with Crippen LogP contribution in [0.4, 0.5) is 5.82 Å². The lowest BCUT2D eigenvalue weighted by molar-refractivity contribution is 0.955. The largest absolute Gasteiger partial charge is 0.369 e. The number of benzene rings is 2.